The number of nitrogens with one attached hydrogen (secondary N) is 2. The fraction of sp³-hybridized carbons (Fsp3) is 0.133. The Balaban J connectivity index is 1.94. The number of nitrogens with zero attached hydrogens (tertiary/aromatic N) is 1. The number of anilines is 2. The molecule has 0 fully saturated rings. The lowest BCUT2D eigenvalue weighted by Gasteiger charge is -2.06. The molecule has 0 saturated carbocycles. The van der Waals surface area contributed by atoms with Crippen LogP contribution in [-0.4, -0.2) is 17.1 Å². The van der Waals surface area contributed by atoms with Crippen molar-refractivity contribution >= 4 is 34.3 Å². The van der Waals surface area contributed by atoms with Crippen molar-refractivity contribution in [2.75, 3.05) is 12.4 Å². The fourth-order valence-electron chi connectivity index (χ4n) is 2.07. The number of hydrogen-bond acceptors (Lipinski definition) is 3. The number of benzene rings is 2. The molecule has 0 unspecified atom stereocenters. The lowest BCUT2D eigenvalue weighted by atomic mass is 10.2. The zero-order valence-corrected chi connectivity index (χ0v) is 12.0. The molecular weight excluding hydrogens is 274 g/mol. The van der Waals surface area contributed by atoms with Crippen LogP contribution in [0.5, 0.6) is 5.75 Å². The Morgan fingerprint density at radius 1 is 1.20 bits per heavy atom. The van der Waals surface area contributed by atoms with E-state index in [-0.39, 0.29) is 0 Å². The highest BCUT2D eigenvalue weighted by atomic mass is 35.5. The maximum Gasteiger partial charge on any atom is 0.205 e. The van der Waals surface area contributed by atoms with Crippen LogP contribution < -0.4 is 10.1 Å². The van der Waals surface area contributed by atoms with Crippen molar-refractivity contribution < 1.29 is 4.74 Å². The summed E-state index contributed by atoms with van der Waals surface area (Å²) in [5.41, 5.74) is 3.86. The number of ether oxygens (including phenoxy) is 1. The van der Waals surface area contributed by atoms with E-state index in [1.165, 1.54) is 0 Å². The molecule has 1 heterocycles. The van der Waals surface area contributed by atoms with Gasteiger partial charge in [-0.2, -0.15) is 0 Å². The van der Waals surface area contributed by atoms with Gasteiger partial charge in [0.05, 0.1) is 18.1 Å². The van der Waals surface area contributed by atoms with E-state index in [1.54, 1.807) is 7.11 Å². The van der Waals surface area contributed by atoms with Gasteiger partial charge >= 0.3 is 0 Å². The molecule has 0 saturated heterocycles. The van der Waals surface area contributed by atoms with Crippen LogP contribution >= 0.6 is 11.6 Å². The highest BCUT2D eigenvalue weighted by molar-refractivity contribution is 6.30. The first-order valence-corrected chi connectivity index (χ1v) is 6.60. The van der Waals surface area contributed by atoms with Gasteiger partial charge in [0.1, 0.15) is 5.75 Å². The highest BCUT2D eigenvalue weighted by Gasteiger charge is 2.06. The molecule has 1 aromatic heterocycles. The Kier molecular flexibility index (Phi) is 3.24. The molecule has 2 N–H and O–H groups in total. The molecule has 0 amide bonds. The third-order valence-electron chi connectivity index (χ3n) is 3.13. The van der Waals surface area contributed by atoms with E-state index in [9.17, 15) is 0 Å². The Labute approximate surface area is 121 Å². The minimum atomic E-state index is 0.693. The molecule has 2 aromatic carbocycles. The van der Waals surface area contributed by atoms with Crippen molar-refractivity contribution in [3.63, 3.8) is 0 Å². The molecule has 20 heavy (non-hydrogen) atoms. The predicted molar refractivity (Wildman–Crippen MR) is 82.1 cm³/mol. The van der Waals surface area contributed by atoms with Crippen LogP contribution in [0.2, 0.25) is 5.02 Å². The van der Waals surface area contributed by atoms with Gasteiger partial charge in [0, 0.05) is 16.8 Å². The van der Waals surface area contributed by atoms with Crippen molar-refractivity contribution in [2.45, 2.75) is 6.92 Å². The quantitative estimate of drug-likeness (QED) is 0.756. The summed E-state index contributed by atoms with van der Waals surface area (Å²) < 4.78 is 5.20. The van der Waals surface area contributed by atoms with Gasteiger partial charge in [-0.05, 0) is 42.8 Å². The highest BCUT2D eigenvalue weighted by Crippen LogP contribution is 2.25. The number of aromatic amines is 1. The summed E-state index contributed by atoms with van der Waals surface area (Å²) in [6.07, 6.45) is 0. The van der Waals surface area contributed by atoms with Gasteiger partial charge in [-0.1, -0.05) is 11.6 Å². The molecule has 4 nitrogen and oxygen atoms in total. The third kappa shape index (κ3) is 2.42. The Morgan fingerprint density at radius 3 is 2.80 bits per heavy atom. The van der Waals surface area contributed by atoms with Crippen molar-refractivity contribution in [2.24, 2.45) is 0 Å². The number of hydrogen-bond donors (Lipinski definition) is 2. The first kappa shape index (κ1) is 12.8. The topological polar surface area (TPSA) is 49.9 Å². The number of rotatable bonds is 3. The van der Waals surface area contributed by atoms with Crippen molar-refractivity contribution in [1.29, 1.82) is 0 Å². The minimum absolute atomic E-state index is 0.693. The Hall–Kier alpha value is -2.20. The average Bonchev–Trinajstić information content (AvgIpc) is 2.83. The van der Waals surface area contributed by atoms with Gasteiger partial charge in [-0.25, -0.2) is 4.98 Å². The van der Waals surface area contributed by atoms with E-state index in [2.05, 4.69) is 15.3 Å². The molecule has 0 aliphatic rings. The molecule has 3 aromatic rings. The number of fused-ring (bicyclic) bond motifs is 1. The molecule has 0 atom stereocenters. The van der Waals surface area contributed by atoms with Crippen molar-refractivity contribution in [3.05, 3.63) is 47.0 Å². The molecular formula is C15H14ClN3O. The molecule has 102 valence electrons. The number of halogens is 1. The monoisotopic (exact) mass is 287 g/mol. The summed E-state index contributed by atoms with van der Waals surface area (Å²) in [6, 6.07) is 11.4. The summed E-state index contributed by atoms with van der Waals surface area (Å²) >= 11 is 5.95. The van der Waals surface area contributed by atoms with E-state index in [0.29, 0.717) is 5.95 Å². The second-order valence-corrected chi connectivity index (χ2v) is 4.99. The van der Waals surface area contributed by atoms with Gasteiger partial charge in [-0.3, -0.25) is 0 Å². The lowest BCUT2D eigenvalue weighted by molar-refractivity contribution is 0.415. The normalized spacial score (nSPS) is 10.8. The van der Waals surface area contributed by atoms with Crippen LogP contribution in [0, 0.1) is 6.92 Å². The number of aryl methyl sites for hydroxylation is 1. The summed E-state index contributed by atoms with van der Waals surface area (Å²) in [5.74, 6) is 1.49. The molecule has 0 aliphatic heterocycles. The lowest BCUT2D eigenvalue weighted by Crippen LogP contribution is -1.94. The van der Waals surface area contributed by atoms with Gasteiger partial charge in [0.2, 0.25) is 5.95 Å². The maximum atomic E-state index is 5.95. The third-order valence-corrected chi connectivity index (χ3v) is 3.37. The van der Waals surface area contributed by atoms with Gasteiger partial charge in [-0.15, -0.1) is 0 Å². The zero-order valence-electron chi connectivity index (χ0n) is 11.2. The fourth-order valence-corrected chi connectivity index (χ4v) is 2.30. The second kappa shape index (κ2) is 5.06. The number of methoxy groups -OCH3 is 1. The van der Waals surface area contributed by atoms with Crippen LogP contribution in [0.3, 0.4) is 0 Å². The molecule has 0 aliphatic carbocycles. The van der Waals surface area contributed by atoms with Gasteiger partial charge in [0.15, 0.2) is 0 Å². The van der Waals surface area contributed by atoms with E-state index < -0.39 is 0 Å². The molecule has 0 spiro atoms. The Morgan fingerprint density at radius 2 is 2.05 bits per heavy atom. The summed E-state index contributed by atoms with van der Waals surface area (Å²) in [7, 11) is 1.65. The maximum absolute atomic E-state index is 5.95. The minimum Gasteiger partial charge on any atom is -0.497 e. The predicted octanol–water partition coefficient (Wildman–Crippen LogP) is 4.28. The van der Waals surface area contributed by atoms with Crippen LogP contribution in [0.4, 0.5) is 11.6 Å². The SMILES string of the molecule is COc1ccc2nc(Nc3ccc(Cl)cc3C)[nH]c2c1. The number of aromatic nitrogens is 2. The van der Waals surface area contributed by atoms with Gasteiger partial charge < -0.3 is 15.0 Å². The van der Waals surface area contributed by atoms with Crippen molar-refractivity contribution in [1.82, 2.24) is 9.97 Å². The number of imidazole rings is 1. The molecule has 0 radical (unpaired) electrons. The first-order chi connectivity index (χ1) is 9.65. The average molecular weight is 288 g/mol. The van der Waals surface area contributed by atoms with E-state index in [0.717, 1.165) is 33.1 Å². The smallest absolute Gasteiger partial charge is 0.205 e. The van der Waals surface area contributed by atoms with Crippen LogP contribution in [0.1, 0.15) is 5.56 Å². The number of H-pyrrole nitrogens is 1. The summed E-state index contributed by atoms with van der Waals surface area (Å²) in [6.45, 7) is 2.00. The first-order valence-electron chi connectivity index (χ1n) is 6.22. The molecule has 3 rings (SSSR count). The Bertz CT molecular complexity index is 767. The van der Waals surface area contributed by atoms with E-state index in [4.69, 9.17) is 16.3 Å². The van der Waals surface area contributed by atoms with Crippen LogP contribution in [-0.2, 0) is 0 Å². The van der Waals surface area contributed by atoms with Crippen LogP contribution in [0.15, 0.2) is 36.4 Å². The summed E-state index contributed by atoms with van der Waals surface area (Å²) in [5, 5.41) is 3.98. The standard InChI is InChI=1S/C15H14ClN3O/c1-9-7-10(16)3-5-12(9)17-15-18-13-6-4-11(20-2)8-14(13)19-15/h3-8H,1-2H3,(H2,17,18,19). The van der Waals surface area contributed by atoms with Crippen LogP contribution in [0.25, 0.3) is 11.0 Å². The van der Waals surface area contributed by atoms with E-state index >= 15 is 0 Å². The zero-order chi connectivity index (χ0) is 14.1. The van der Waals surface area contributed by atoms with Crippen molar-refractivity contribution in [3.8, 4) is 5.75 Å². The molecule has 0 bridgehead atoms. The molecule has 5 heteroatoms. The van der Waals surface area contributed by atoms with Gasteiger partial charge in [0.25, 0.3) is 0 Å². The summed E-state index contributed by atoms with van der Waals surface area (Å²) in [4.78, 5) is 7.72. The largest absolute Gasteiger partial charge is 0.497 e. The van der Waals surface area contributed by atoms with E-state index in [1.807, 2.05) is 43.3 Å². The second-order valence-electron chi connectivity index (χ2n) is 4.55.